The van der Waals surface area contributed by atoms with Crippen LogP contribution in [0.4, 0.5) is 5.69 Å². The summed E-state index contributed by atoms with van der Waals surface area (Å²) in [7, 11) is 1.45. The molecule has 0 saturated carbocycles. The molecule has 2 aromatic carbocycles. The van der Waals surface area contributed by atoms with Crippen LogP contribution in [-0.4, -0.2) is 66.6 Å². The number of hydrogen-bond acceptors (Lipinski definition) is 4. The van der Waals surface area contributed by atoms with E-state index < -0.39 is 10.0 Å². The van der Waals surface area contributed by atoms with Crippen LogP contribution in [0.1, 0.15) is 10.4 Å². The summed E-state index contributed by atoms with van der Waals surface area (Å²) in [5.41, 5.74) is 1.06. The average molecular weight is 405 g/mol. The van der Waals surface area contributed by atoms with Crippen molar-refractivity contribution in [1.82, 2.24) is 4.90 Å². The molecule has 3 rings (SSSR count). The topological polar surface area (TPSA) is 71.4 Å². The number of nitrogens with zero attached hydrogens (tertiary/aromatic N) is 2. The first-order valence-corrected chi connectivity index (χ1v) is 10.6. The average Bonchev–Trinajstić information content (AvgIpc) is 2.73. The minimum absolute atomic E-state index is 0.0142. The number of ether oxygens (including phenoxy) is 1. The van der Waals surface area contributed by atoms with Crippen molar-refractivity contribution in [2.45, 2.75) is 4.90 Å². The van der Waals surface area contributed by atoms with Gasteiger partial charge in [-0.2, -0.15) is 0 Å². The van der Waals surface area contributed by atoms with E-state index >= 15 is 0 Å². The Morgan fingerprint density at radius 2 is 1.61 bits per heavy atom. The van der Waals surface area contributed by atoms with Gasteiger partial charge >= 0.3 is 0 Å². The third-order valence-corrected chi connectivity index (χ3v) is 6.90. The van der Waals surface area contributed by atoms with E-state index in [9.17, 15) is 13.2 Å². The van der Waals surface area contributed by atoms with Crippen LogP contribution < -0.4 is 13.9 Å². The summed E-state index contributed by atoms with van der Waals surface area (Å²) in [4.78, 5) is 16.1. The maximum Gasteiger partial charge on any atom is 0.264 e. The van der Waals surface area contributed by atoms with Gasteiger partial charge in [0, 0.05) is 12.6 Å². The Hall–Kier alpha value is -2.58. The number of quaternary nitrogens is 1. The number of methoxy groups -OCH3 is 1. The number of piperazine rings is 1. The monoisotopic (exact) mass is 404 g/mol. The highest BCUT2D eigenvalue weighted by Crippen LogP contribution is 2.24. The standard InChI is InChI=1S/C20H25N3O4S/c1-21-12-14-23(15-13-21)20(24)16-4-6-17(7-5-16)22(2)28(25,26)19-10-8-18(27-3)9-11-19/h4-11H,12-15H2,1-3H3/p+1. The van der Waals surface area contributed by atoms with Crippen molar-refractivity contribution in [3.8, 4) is 5.75 Å². The SMILES string of the molecule is COc1ccc(S(=O)(=O)N(C)c2ccc(C(=O)N3CC[NH+](C)CC3)cc2)cc1. The van der Waals surface area contributed by atoms with E-state index in [-0.39, 0.29) is 10.8 Å². The van der Waals surface area contributed by atoms with Crippen LogP contribution in [0, 0.1) is 0 Å². The number of rotatable bonds is 5. The van der Waals surface area contributed by atoms with Crippen molar-refractivity contribution in [1.29, 1.82) is 0 Å². The number of benzene rings is 2. The van der Waals surface area contributed by atoms with Gasteiger partial charge in [-0.25, -0.2) is 8.42 Å². The molecule has 0 atom stereocenters. The predicted molar refractivity (Wildman–Crippen MR) is 108 cm³/mol. The molecule has 0 spiro atoms. The number of likely N-dealkylation sites (N-methyl/N-ethyl adjacent to an activating group) is 1. The molecule has 0 aromatic heterocycles. The number of hydrogen-bond donors (Lipinski definition) is 1. The van der Waals surface area contributed by atoms with Crippen molar-refractivity contribution in [2.75, 3.05) is 51.7 Å². The second-order valence-electron chi connectivity index (χ2n) is 6.94. The van der Waals surface area contributed by atoms with Gasteiger partial charge in [-0.15, -0.1) is 0 Å². The lowest BCUT2D eigenvalue weighted by Gasteiger charge is -2.30. The Labute approximate surface area is 166 Å². The van der Waals surface area contributed by atoms with E-state index in [1.807, 2.05) is 4.90 Å². The van der Waals surface area contributed by atoms with Gasteiger partial charge < -0.3 is 14.5 Å². The molecular formula is C20H26N3O4S+. The molecule has 1 saturated heterocycles. The highest BCUT2D eigenvalue weighted by Gasteiger charge is 2.24. The predicted octanol–water partition coefficient (Wildman–Crippen LogP) is 0.491. The summed E-state index contributed by atoms with van der Waals surface area (Å²) in [6, 6.07) is 12.9. The van der Waals surface area contributed by atoms with Crippen molar-refractivity contribution in [3.05, 3.63) is 54.1 Å². The van der Waals surface area contributed by atoms with Gasteiger partial charge in [-0.3, -0.25) is 9.10 Å². The zero-order chi connectivity index (χ0) is 20.3. The first-order chi connectivity index (χ1) is 13.3. The van der Waals surface area contributed by atoms with E-state index in [2.05, 4.69) is 7.05 Å². The summed E-state index contributed by atoms with van der Waals surface area (Å²) in [6.07, 6.45) is 0. The molecule has 1 aliphatic rings. The van der Waals surface area contributed by atoms with E-state index in [0.29, 0.717) is 17.0 Å². The van der Waals surface area contributed by atoms with Gasteiger partial charge in [-0.1, -0.05) is 0 Å². The Morgan fingerprint density at radius 1 is 1.04 bits per heavy atom. The first kappa shape index (κ1) is 20.2. The number of carbonyl (C=O) groups is 1. The molecule has 150 valence electrons. The molecule has 1 amide bonds. The lowest BCUT2D eigenvalue weighted by Crippen LogP contribution is -3.12. The third kappa shape index (κ3) is 4.13. The van der Waals surface area contributed by atoms with E-state index in [0.717, 1.165) is 26.2 Å². The van der Waals surface area contributed by atoms with Crippen LogP contribution >= 0.6 is 0 Å². The van der Waals surface area contributed by atoms with Gasteiger partial charge in [0.15, 0.2) is 0 Å². The lowest BCUT2D eigenvalue weighted by molar-refractivity contribution is -0.883. The summed E-state index contributed by atoms with van der Waals surface area (Å²) in [5.74, 6) is 0.578. The molecule has 1 fully saturated rings. The quantitative estimate of drug-likeness (QED) is 0.788. The van der Waals surface area contributed by atoms with Gasteiger partial charge in [-0.05, 0) is 48.5 Å². The number of carbonyl (C=O) groups excluding carboxylic acids is 1. The van der Waals surface area contributed by atoms with E-state index in [4.69, 9.17) is 4.74 Å². The van der Waals surface area contributed by atoms with Gasteiger partial charge in [0.2, 0.25) is 0 Å². The molecule has 1 heterocycles. The second kappa shape index (κ2) is 8.20. The fourth-order valence-electron chi connectivity index (χ4n) is 3.13. The Balaban J connectivity index is 1.75. The maximum absolute atomic E-state index is 12.8. The molecule has 2 aromatic rings. The minimum Gasteiger partial charge on any atom is -0.497 e. The van der Waals surface area contributed by atoms with Gasteiger partial charge in [0.25, 0.3) is 15.9 Å². The van der Waals surface area contributed by atoms with Crippen LogP contribution in [0.2, 0.25) is 0 Å². The number of amides is 1. The summed E-state index contributed by atoms with van der Waals surface area (Å²) in [6.45, 7) is 3.34. The van der Waals surface area contributed by atoms with Crippen molar-refractivity contribution >= 4 is 21.6 Å². The molecule has 1 N–H and O–H groups in total. The van der Waals surface area contributed by atoms with Crippen LogP contribution in [0.15, 0.2) is 53.4 Å². The largest absolute Gasteiger partial charge is 0.497 e. The number of anilines is 1. The number of sulfonamides is 1. The Morgan fingerprint density at radius 3 is 2.14 bits per heavy atom. The summed E-state index contributed by atoms with van der Waals surface area (Å²) >= 11 is 0. The molecule has 28 heavy (non-hydrogen) atoms. The molecule has 0 radical (unpaired) electrons. The summed E-state index contributed by atoms with van der Waals surface area (Å²) in [5, 5.41) is 0. The van der Waals surface area contributed by atoms with Crippen LogP contribution in [-0.2, 0) is 10.0 Å². The highest BCUT2D eigenvalue weighted by atomic mass is 32.2. The van der Waals surface area contributed by atoms with Gasteiger partial charge in [0.05, 0.1) is 50.9 Å². The summed E-state index contributed by atoms with van der Waals surface area (Å²) < 4.78 is 32.0. The first-order valence-electron chi connectivity index (χ1n) is 9.16. The highest BCUT2D eigenvalue weighted by molar-refractivity contribution is 7.92. The third-order valence-electron chi connectivity index (χ3n) is 5.10. The lowest BCUT2D eigenvalue weighted by atomic mass is 10.1. The normalized spacial score (nSPS) is 15.3. The molecule has 0 unspecified atom stereocenters. The molecular weight excluding hydrogens is 378 g/mol. The van der Waals surface area contributed by atoms with Crippen LogP contribution in [0.3, 0.4) is 0 Å². The molecule has 8 heteroatoms. The number of nitrogens with one attached hydrogen (secondary N) is 1. The zero-order valence-electron chi connectivity index (χ0n) is 16.4. The Bertz CT molecular complexity index is 919. The molecule has 0 bridgehead atoms. The molecule has 7 nitrogen and oxygen atoms in total. The molecule has 1 aliphatic heterocycles. The van der Waals surface area contributed by atoms with Gasteiger partial charge in [0.1, 0.15) is 5.75 Å². The fraction of sp³-hybridized carbons (Fsp3) is 0.350. The van der Waals surface area contributed by atoms with Crippen LogP contribution in [0.5, 0.6) is 5.75 Å². The Kier molecular flexibility index (Phi) is 5.90. The van der Waals surface area contributed by atoms with Crippen molar-refractivity contribution < 1.29 is 22.8 Å². The molecule has 0 aliphatic carbocycles. The second-order valence-corrected chi connectivity index (χ2v) is 8.91. The van der Waals surface area contributed by atoms with Crippen molar-refractivity contribution in [3.63, 3.8) is 0 Å². The smallest absolute Gasteiger partial charge is 0.264 e. The maximum atomic E-state index is 12.8. The zero-order valence-corrected chi connectivity index (χ0v) is 17.2. The minimum atomic E-state index is -3.70. The van der Waals surface area contributed by atoms with Crippen LogP contribution in [0.25, 0.3) is 0 Å². The fourth-order valence-corrected chi connectivity index (χ4v) is 4.33. The van der Waals surface area contributed by atoms with E-state index in [1.54, 1.807) is 36.4 Å². The van der Waals surface area contributed by atoms with E-state index in [1.165, 1.54) is 35.5 Å². The van der Waals surface area contributed by atoms with Crippen molar-refractivity contribution in [2.24, 2.45) is 0 Å².